The number of hydrogen-bond donors (Lipinski definition) is 1. The third-order valence-corrected chi connectivity index (χ3v) is 5.60. The van der Waals surface area contributed by atoms with Crippen LogP contribution in [0.1, 0.15) is 21.6 Å². The topological polar surface area (TPSA) is 93.6 Å². The number of morpholine rings is 1. The molecule has 1 fully saturated rings. The molecule has 1 unspecified atom stereocenters. The van der Waals surface area contributed by atoms with E-state index in [1.807, 2.05) is 18.2 Å². The van der Waals surface area contributed by atoms with Gasteiger partial charge < -0.3 is 19.0 Å². The Bertz CT molecular complexity index is 1200. The van der Waals surface area contributed by atoms with E-state index in [1.54, 1.807) is 31.4 Å². The monoisotopic (exact) mass is 432 g/mol. The minimum atomic E-state index is -0.222. The fourth-order valence-electron chi connectivity index (χ4n) is 4.02. The van der Waals surface area contributed by atoms with Crippen molar-refractivity contribution in [2.75, 3.05) is 26.2 Å². The quantitative estimate of drug-likeness (QED) is 0.499. The molecular formula is C24H24N4O4. The Morgan fingerprint density at radius 2 is 2.09 bits per heavy atom. The molecule has 0 bridgehead atoms. The lowest BCUT2D eigenvalue weighted by atomic mass is 10.1. The molecule has 0 saturated carbocycles. The third-order valence-electron chi connectivity index (χ3n) is 5.60. The Morgan fingerprint density at radius 3 is 2.91 bits per heavy atom. The molecule has 1 N–H and O–H groups in total. The molecule has 5 rings (SSSR count). The highest BCUT2D eigenvalue weighted by molar-refractivity contribution is 6.06. The van der Waals surface area contributed by atoms with Crippen LogP contribution in [0.5, 0.6) is 0 Å². The fourth-order valence-corrected chi connectivity index (χ4v) is 4.02. The number of carbonyl (C=O) groups excluding carboxylic acids is 1. The molecular weight excluding hydrogens is 408 g/mol. The van der Waals surface area contributed by atoms with Gasteiger partial charge in [-0.15, -0.1) is 0 Å². The van der Waals surface area contributed by atoms with Gasteiger partial charge in [-0.2, -0.15) is 0 Å². The first-order valence-corrected chi connectivity index (χ1v) is 10.6. The van der Waals surface area contributed by atoms with Gasteiger partial charge in [0, 0.05) is 26.2 Å². The molecule has 0 spiro atoms. The lowest BCUT2D eigenvalue weighted by Gasteiger charge is -2.33. The first-order chi connectivity index (χ1) is 15.7. The van der Waals surface area contributed by atoms with Crippen molar-refractivity contribution in [1.29, 1.82) is 0 Å². The Hall–Kier alpha value is -3.49. The number of aromatic nitrogens is 2. The summed E-state index contributed by atoms with van der Waals surface area (Å²) < 4.78 is 16.7. The van der Waals surface area contributed by atoms with E-state index >= 15 is 0 Å². The minimum absolute atomic E-state index is 0.0816. The summed E-state index contributed by atoms with van der Waals surface area (Å²) in [5.41, 5.74) is 3.17. The fraction of sp³-hybridized carbons (Fsp3) is 0.292. The van der Waals surface area contributed by atoms with Crippen LogP contribution in [0.15, 0.2) is 63.7 Å². The van der Waals surface area contributed by atoms with Crippen LogP contribution in [-0.4, -0.2) is 53.3 Å². The van der Waals surface area contributed by atoms with Crippen molar-refractivity contribution in [1.82, 2.24) is 20.4 Å². The van der Waals surface area contributed by atoms with E-state index < -0.39 is 0 Å². The summed E-state index contributed by atoms with van der Waals surface area (Å²) in [6.45, 7) is 5.34. The molecule has 0 radical (unpaired) electrons. The van der Waals surface area contributed by atoms with Crippen LogP contribution >= 0.6 is 0 Å². The summed E-state index contributed by atoms with van der Waals surface area (Å²) in [6.07, 6.45) is 1.48. The minimum Gasteiger partial charge on any atom is -0.463 e. The molecule has 1 atom stereocenters. The summed E-state index contributed by atoms with van der Waals surface area (Å²) >= 11 is 0. The maximum atomic E-state index is 13.1. The molecule has 1 aromatic carbocycles. The second-order valence-corrected chi connectivity index (χ2v) is 7.90. The van der Waals surface area contributed by atoms with Crippen molar-refractivity contribution in [2.24, 2.45) is 0 Å². The first kappa shape index (κ1) is 20.4. The normalized spacial score (nSPS) is 17.0. The first-order valence-electron chi connectivity index (χ1n) is 10.6. The van der Waals surface area contributed by atoms with Crippen molar-refractivity contribution < 1.29 is 18.5 Å². The number of pyridine rings is 1. The number of aryl methyl sites for hydroxylation is 1. The summed E-state index contributed by atoms with van der Waals surface area (Å²) in [7, 11) is 0. The van der Waals surface area contributed by atoms with Gasteiger partial charge in [0.05, 0.1) is 35.6 Å². The highest BCUT2D eigenvalue weighted by Gasteiger charge is 2.24. The SMILES string of the molecule is Cc1noc2nc(-c3ccco3)cc(C(=O)NCC3CN(Cc4ccccc4)CCO3)c12. The zero-order chi connectivity index (χ0) is 21.9. The average molecular weight is 432 g/mol. The molecule has 1 aliphatic heterocycles. The number of hydrogen-bond acceptors (Lipinski definition) is 7. The number of ether oxygens (including phenoxy) is 1. The van der Waals surface area contributed by atoms with Gasteiger partial charge in [0.25, 0.3) is 11.6 Å². The van der Waals surface area contributed by atoms with Crippen molar-refractivity contribution in [3.05, 3.63) is 71.6 Å². The van der Waals surface area contributed by atoms with E-state index in [0.29, 0.717) is 47.0 Å². The smallest absolute Gasteiger partial charge is 0.259 e. The van der Waals surface area contributed by atoms with Crippen LogP contribution in [0.4, 0.5) is 0 Å². The van der Waals surface area contributed by atoms with E-state index in [1.165, 1.54) is 5.56 Å². The zero-order valence-corrected chi connectivity index (χ0v) is 17.8. The van der Waals surface area contributed by atoms with Gasteiger partial charge in [-0.3, -0.25) is 9.69 Å². The molecule has 1 amide bonds. The lowest BCUT2D eigenvalue weighted by Crippen LogP contribution is -2.47. The van der Waals surface area contributed by atoms with Gasteiger partial charge in [-0.05, 0) is 30.7 Å². The van der Waals surface area contributed by atoms with Crippen molar-refractivity contribution in [3.63, 3.8) is 0 Å². The predicted molar refractivity (Wildman–Crippen MR) is 118 cm³/mol. The summed E-state index contributed by atoms with van der Waals surface area (Å²) in [6, 6.07) is 15.6. The number of fused-ring (bicyclic) bond motifs is 1. The Labute approximate surface area is 185 Å². The highest BCUT2D eigenvalue weighted by Crippen LogP contribution is 2.27. The van der Waals surface area contributed by atoms with E-state index in [-0.39, 0.29) is 12.0 Å². The highest BCUT2D eigenvalue weighted by atomic mass is 16.5. The van der Waals surface area contributed by atoms with Gasteiger partial charge in [0.1, 0.15) is 5.69 Å². The van der Waals surface area contributed by atoms with Gasteiger partial charge in [-0.25, -0.2) is 4.98 Å². The number of nitrogens with one attached hydrogen (secondary N) is 1. The molecule has 0 aliphatic carbocycles. The maximum absolute atomic E-state index is 13.1. The second-order valence-electron chi connectivity index (χ2n) is 7.90. The number of furan rings is 1. The van der Waals surface area contributed by atoms with Crippen molar-refractivity contribution in [3.8, 4) is 11.5 Å². The molecule has 4 heterocycles. The molecule has 8 nitrogen and oxygen atoms in total. The number of nitrogens with zero attached hydrogens (tertiary/aromatic N) is 3. The zero-order valence-electron chi connectivity index (χ0n) is 17.8. The van der Waals surface area contributed by atoms with Gasteiger partial charge in [-0.1, -0.05) is 35.5 Å². The summed E-state index contributed by atoms with van der Waals surface area (Å²) in [5, 5.41) is 7.60. The molecule has 8 heteroatoms. The Kier molecular flexibility index (Phi) is 5.70. The summed E-state index contributed by atoms with van der Waals surface area (Å²) in [5.74, 6) is 0.336. The Balaban J connectivity index is 1.29. The Morgan fingerprint density at radius 1 is 1.22 bits per heavy atom. The molecule has 4 aromatic rings. The van der Waals surface area contributed by atoms with E-state index in [0.717, 1.165) is 19.6 Å². The van der Waals surface area contributed by atoms with Crippen LogP contribution in [0.3, 0.4) is 0 Å². The number of benzene rings is 1. The van der Waals surface area contributed by atoms with Gasteiger partial charge in [0.15, 0.2) is 5.76 Å². The van der Waals surface area contributed by atoms with Crippen LogP contribution in [0.25, 0.3) is 22.6 Å². The third kappa shape index (κ3) is 4.28. The van der Waals surface area contributed by atoms with Crippen LogP contribution in [0, 0.1) is 6.92 Å². The van der Waals surface area contributed by atoms with Crippen molar-refractivity contribution >= 4 is 17.0 Å². The van der Waals surface area contributed by atoms with E-state index in [9.17, 15) is 4.79 Å². The molecule has 1 aliphatic rings. The summed E-state index contributed by atoms with van der Waals surface area (Å²) in [4.78, 5) is 19.9. The molecule has 3 aromatic heterocycles. The van der Waals surface area contributed by atoms with E-state index in [4.69, 9.17) is 13.7 Å². The van der Waals surface area contributed by atoms with Gasteiger partial charge >= 0.3 is 0 Å². The van der Waals surface area contributed by atoms with Crippen LogP contribution < -0.4 is 5.32 Å². The standard InChI is InChI=1S/C24H24N4O4/c1-16-22-19(12-20(21-8-5-10-31-21)26-24(22)32-27-16)23(29)25-13-18-15-28(9-11-30-18)14-17-6-3-2-4-7-17/h2-8,10,12,18H,9,11,13-15H2,1H3,(H,25,29). The molecule has 32 heavy (non-hydrogen) atoms. The van der Waals surface area contributed by atoms with Crippen LogP contribution in [0.2, 0.25) is 0 Å². The van der Waals surface area contributed by atoms with Crippen molar-refractivity contribution in [2.45, 2.75) is 19.6 Å². The maximum Gasteiger partial charge on any atom is 0.259 e. The largest absolute Gasteiger partial charge is 0.463 e. The number of carbonyl (C=O) groups is 1. The number of rotatable bonds is 6. The predicted octanol–water partition coefficient (Wildman–Crippen LogP) is 3.42. The number of amides is 1. The van der Waals surface area contributed by atoms with Gasteiger partial charge in [0.2, 0.25) is 0 Å². The lowest BCUT2D eigenvalue weighted by molar-refractivity contribution is -0.0292. The van der Waals surface area contributed by atoms with E-state index in [2.05, 4.69) is 32.5 Å². The second kappa shape index (κ2) is 8.94. The average Bonchev–Trinajstić information content (AvgIpc) is 3.48. The molecule has 1 saturated heterocycles. The van der Waals surface area contributed by atoms with Crippen LogP contribution in [-0.2, 0) is 11.3 Å². The molecule has 164 valence electrons.